The van der Waals surface area contributed by atoms with Gasteiger partial charge in [-0.05, 0) is 32.4 Å². The summed E-state index contributed by atoms with van der Waals surface area (Å²) in [5.74, 6) is 0. The zero-order valence-corrected chi connectivity index (χ0v) is 13.2. The maximum absolute atomic E-state index is 12.1. The maximum atomic E-state index is 12.1. The minimum atomic E-state index is -3.28. The van der Waals surface area contributed by atoms with Crippen LogP contribution in [0, 0.1) is 0 Å². The molecule has 114 valence electrons. The Hall–Kier alpha value is -0.210. The Bertz CT molecular complexity index is 359. The molecule has 1 saturated heterocycles. The Kier molecular flexibility index (Phi) is 6.68. The van der Waals surface area contributed by atoms with E-state index in [1.165, 1.54) is 4.31 Å². The molecule has 19 heavy (non-hydrogen) atoms. The maximum Gasteiger partial charge on any atom is 0.281 e. The van der Waals surface area contributed by atoms with E-state index < -0.39 is 10.2 Å². The molecule has 0 aromatic carbocycles. The second-order valence-electron chi connectivity index (χ2n) is 5.22. The van der Waals surface area contributed by atoms with Crippen LogP contribution in [0.4, 0.5) is 0 Å². The quantitative estimate of drug-likeness (QED) is 0.744. The van der Waals surface area contributed by atoms with Crippen LogP contribution in [0.15, 0.2) is 0 Å². The lowest BCUT2D eigenvalue weighted by atomic mass is 10.1. The fourth-order valence-corrected chi connectivity index (χ4v) is 3.71. The molecule has 6 nitrogen and oxygen atoms in total. The summed E-state index contributed by atoms with van der Waals surface area (Å²) < 4.78 is 27.1. The van der Waals surface area contributed by atoms with E-state index >= 15 is 0 Å². The summed E-state index contributed by atoms with van der Waals surface area (Å²) >= 11 is 0. The summed E-state index contributed by atoms with van der Waals surface area (Å²) in [6.45, 7) is 5.79. The Morgan fingerprint density at radius 2 is 1.89 bits per heavy atom. The minimum Gasteiger partial charge on any atom is -0.330 e. The SMILES string of the molecule is CCC(CCN)N1CCCN(S(=O)(=O)N(C)C)CC1. The first kappa shape index (κ1) is 16.8. The van der Waals surface area contributed by atoms with Crippen molar-refractivity contribution in [1.82, 2.24) is 13.5 Å². The average Bonchev–Trinajstić information content (AvgIpc) is 2.61. The molecule has 0 aliphatic carbocycles. The van der Waals surface area contributed by atoms with Gasteiger partial charge in [-0.3, -0.25) is 4.90 Å². The van der Waals surface area contributed by atoms with Gasteiger partial charge >= 0.3 is 0 Å². The molecule has 1 rings (SSSR count). The molecule has 0 bridgehead atoms. The van der Waals surface area contributed by atoms with Gasteiger partial charge in [0.1, 0.15) is 0 Å². The van der Waals surface area contributed by atoms with Gasteiger partial charge in [0, 0.05) is 39.8 Å². The molecule has 2 N–H and O–H groups in total. The fourth-order valence-electron chi connectivity index (χ4n) is 2.58. The standard InChI is InChI=1S/C12H28N4O2S/c1-4-12(6-7-13)15-8-5-9-16(11-10-15)19(17,18)14(2)3/h12H,4-11,13H2,1-3H3. The van der Waals surface area contributed by atoms with E-state index in [0.29, 0.717) is 25.7 Å². The normalized spacial score (nSPS) is 21.5. The van der Waals surface area contributed by atoms with Crippen LogP contribution in [-0.4, -0.2) is 74.8 Å². The second kappa shape index (κ2) is 7.54. The summed E-state index contributed by atoms with van der Waals surface area (Å²) in [4.78, 5) is 2.39. The Balaban J connectivity index is 2.66. The lowest BCUT2D eigenvalue weighted by Crippen LogP contribution is -2.43. The number of hydrogen-bond acceptors (Lipinski definition) is 4. The third-order valence-electron chi connectivity index (χ3n) is 3.76. The number of hydrogen-bond donors (Lipinski definition) is 1. The predicted octanol–water partition coefficient (Wildman–Crippen LogP) is -0.0721. The highest BCUT2D eigenvalue weighted by molar-refractivity contribution is 7.86. The molecular weight excluding hydrogens is 264 g/mol. The summed E-state index contributed by atoms with van der Waals surface area (Å²) in [7, 11) is -0.107. The molecule has 1 atom stereocenters. The van der Waals surface area contributed by atoms with E-state index in [1.807, 2.05) is 0 Å². The average molecular weight is 292 g/mol. The molecule has 1 fully saturated rings. The van der Waals surface area contributed by atoms with Gasteiger partial charge in [-0.2, -0.15) is 17.0 Å². The van der Waals surface area contributed by atoms with Crippen molar-refractivity contribution in [1.29, 1.82) is 0 Å². The lowest BCUT2D eigenvalue weighted by molar-refractivity contribution is 0.192. The smallest absolute Gasteiger partial charge is 0.281 e. The van der Waals surface area contributed by atoms with Crippen molar-refractivity contribution in [3.63, 3.8) is 0 Å². The lowest BCUT2D eigenvalue weighted by Gasteiger charge is -2.29. The first-order chi connectivity index (χ1) is 8.93. The molecule has 0 aromatic rings. The van der Waals surface area contributed by atoms with Crippen molar-refractivity contribution in [2.75, 3.05) is 46.8 Å². The molecule has 1 aliphatic heterocycles. The van der Waals surface area contributed by atoms with Crippen LogP contribution in [0.1, 0.15) is 26.2 Å². The highest BCUT2D eigenvalue weighted by Crippen LogP contribution is 2.15. The van der Waals surface area contributed by atoms with Crippen LogP contribution in [0.25, 0.3) is 0 Å². The van der Waals surface area contributed by atoms with Crippen LogP contribution >= 0.6 is 0 Å². The van der Waals surface area contributed by atoms with E-state index in [-0.39, 0.29) is 0 Å². The van der Waals surface area contributed by atoms with Gasteiger partial charge in [0.25, 0.3) is 10.2 Å². The molecule has 1 aliphatic rings. The highest BCUT2D eigenvalue weighted by Gasteiger charge is 2.28. The molecule has 1 heterocycles. The summed E-state index contributed by atoms with van der Waals surface area (Å²) in [5, 5.41) is 0. The molecule has 0 radical (unpaired) electrons. The van der Waals surface area contributed by atoms with Crippen LogP contribution in [0.3, 0.4) is 0 Å². The molecule has 1 unspecified atom stereocenters. The summed E-state index contributed by atoms with van der Waals surface area (Å²) in [5.41, 5.74) is 5.65. The monoisotopic (exact) mass is 292 g/mol. The topological polar surface area (TPSA) is 69.9 Å². The van der Waals surface area contributed by atoms with Gasteiger partial charge in [-0.1, -0.05) is 6.92 Å². The van der Waals surface area contributed by atoms with Gasteiger partial charge in [0.15, 0.2) is 0 Å². The summed E-state index contributed by atoms with van der Waals surface area (Å²) in [6, 6.07) is 0.479. The van der Waals surface area contributed by atoms with Crippen LogP contribution in [0.5, 0.6) is 0 Å². The molecule has 0 spiro atoms. The minimum absolute atomic E-state index is 0.479. The zero-order valence-electron chi connectivity index (χ0n) is 12.4. The fraction of sp³-hybridized carbons (Fsp3) is 1.00. The second-order valence-corrected chi connectivity index (χ2v) is 7.36. The number of nitrogens with zero attached hydrogens (tertiary/aromatic N) is 3. The van der Waals surface area contributed by atoms with Gasteiger partial charge in [0.05, 0.1) is 0 Å². The van der Waals surface area contributed by atoms with Gasteiger partial charge < -0.3 is 5.73 Å². The largest absolute Gasteiger partial charge is 0.330 e. The Morgan fingerprint density at radius 3 is 2.42 bits per heavy atom. The van der Waals surface area contributed by atoms with Crippen molar-refractivity contribution >= 4 is 10.2 Å². The van der Waals surface area contributed by atoms with Crippen molar-refractivity contribution in [3.05, 3.63) is 0 Å². The first-order valence-electron chi connectivity index (χ1n) is 7.05. The van der Waals surface area contributed by atoms with E-state index in [4.69, 9.17) is 5.73 Å². The Labute approximate surface area is 117 Å². The van der Waals surface area contributed by atoms with Crippen molar-refractivity contribution in [2.24, 2.45) is 5.73 Å². The van der Waals surface area contributed by atoms with Gasteiger partial charge in [-0.15, -0.1) is 0 Å². The number of nitrogens with two attached hydrogens (primary N) is 1. The van der Waals surface area contributed by atoms with E-state index in [1.54, 1.807) is 18.4 Å². The highest BCUT2D eigenvalue weighted by atomic mass is 32.2. The molecule has 7 heteroatoms. The van der Waals surface area contributed by atoms with Crippen molar-refractivity contribution in [2.45, 2.75) is 32.2 Å². The molecule has 0 amide bonds. The summed E-state index contributed by atoms with van der Waals surface area (Å²) in [6.07, 6.45) is 2.93. The van der Waals surface area contributed by atoms with Crippen molar-refractivity contribution < 1.29 is 8.42 Å². The van der Waals surface area contributed by atoms with E-state index in [2.05, 4.69) is 11.8 Å². The van der Waals surface area contributed by atoms with Gasteiger partial charge in [0.2, 0.25) is 0 Å². The zero-order chi connectivity index (χ0) is 14.5. The van der Waals surface area contributed by atoms with Gasteiger partial charge in [-0.25, -0.2) is 0 Å². The molecule has 0 saturated carbocycles. The third-order valence-corrected chi connectivity index (χ3v) is 5.71. The van der Waals surface area contributed by atoms with Crippen LogP contribution in [-0.2, 0) is 10.2 Å². The molecular formula is C12H28N4O2S. The third kappa shape index (κ3) is 4.39. The van der Waals surface area contributed by atoms with E-state index in [9.17, 15) is 8.42 Å². The first-order valence-corrected chi connectivity index (χ1v) is 8.44. The van der Waals surface area contributed by atoms with Crippen LogP contribution < -0.4 is 5.73 Å². The van der Waals surface area contributed by atoms with Crippen LogP contribution in [0.2, 0.25) is 0 Å². The predicted molar refractivity (Wildman–Crippen MR) is 78.1 cm³/mol. The van der Waals surface area contributed by atoms with E-state index in [0.717, 1.165) is 32.4 Å². The molecule has 0 aromatic heterocycles. The Morgan fingerprint density at radius 1 is 1.21 bits per heavy atom. The number of rotatable bonds is 6. The van der Waals surface area contributed by atoms with Crippen molar-refractivity contribution in [3.8, 4) is 0 Å².